The van der Waals surface area contributed by atoms with Crippen molar-refractivity contribution in [1.82, 2.24) is 4.57 Å². The summed E-state index contributed by atoms with van der Waals surface area (Å²) in [7, 11) is 1.55. The quantitative estimate of drug-likeness (QED) is 0.626. The second kappa shape index (κ2) is 6.38. The van der Waals surface area contributed by atoms with Crippen molar-refractivity contribution >= 4 is 22.6 Å². The Morgan fingerprint density at radius 3 is 2.52 bits per heavy atom. The van der Waals surface area contributed by atoms with E-state index in [1.165, 1.54) is 29.0 Å². The van der Waals surface area contributed by atoms with Gasteiger partial charge in [-0.2, -0.15) is 0 Å². The summed E-state index contributed by atoms with van der Waals surface area (Å²) in [5, 5.41) is 12.1. The third-order valence-electron chi connectivity index (χ3n) is 5.50. The molecular formula is C21H19F2N3O3. The van der Waals surface area contributed by atoms with Gasteiger partial charge in [0.1, 0.15) is 17.2 Å². The lowest BCUT2D eigenvalue weighted by molar-refractivity contribution is 0.0695. The maximum Gasteiger partial charge on any atom is 0.341 e. The van der Waals surface area contributed by atoms with Crippen molar-refractivity contribution < 1.29 is 18.7 Å². The van der Waals surface area contributed by atoms with Crippen LogP contribution in [0.15, 0.2) is 35.3 Å². The Labute approximate surface area is 164 Å². The van der Waals surface area contributed by atoms with Crippen LogP contribution in [0.4, 0.5) is 14.5 Å². The molecule has 6 nitrogen and oxygen atoms in total. The zero-order chi connectivity index (χ0) is 21.1. The molecule has 0 bridgehead atoms. The highest BCUT2D eigenvalue weighted by molar-refractivity contribution is 5.94. The minimum Gasteiger partial charge on any atom is -0.477 e. The highest BCUT2D eigenvalue weighted by Crippen LogP contribution is 2.46. The van der Waals surface area contributed by atoms with E-state index in [0.717, 1.165) is 6.07 Å². The van der Waals surface area contributed by atoms with Gasteiger partial charge in [0.2, 0.25) is 5.43 Å². The third kappa shape index (κ3) is 2.87. The molecule has 1 aliphatic rings. The van der Waals surface area contributed by atoms with E-state index in [1.807, 2.05) is 0 Å². The van der Waals surface area contributed by atoms with Crippen LogP contribution in [0.1, 0.15) is 34.3 Å². The first-order chi connectivity index (χ1) is 13.7. The van der Waals surface area contributed by atoms with E-state index in [4.69, 9.17) is 5.73 Å². The average molecular weight is 399 g/mol. The van der Waals surface area contributed by atoms with Crippen molar-refractivity contribution in [2.24, 2.45) is 5.73 Å². The molecule has 8 heteroatoms. The molecule has 0 unspecified atom stereocenters. The van der Waals surface area contributed by atoms with Crippen LogP contribution >= 0.6 is 0 Å². The predicted molar refractivity (Wildman–Crippen MR) is 106 cm³/mol. The van der Waals surface area contributed by atoms with E-state index in [1.54, 1.807) is 14.0 Å². The summed E-state index contributed by atoms with van der Waals surface area (Å²) in [6, 6.07) is 5.24. The van der Waals surface area contributed by atoms with E-state index < -0.39 is 34.1 Å². The molecule has 1 fully saturated rings. The molecule has 0 atom stereocenters. The molecule has 1 saturated carbocycles. The molecule has 1 heterocycles. The van der Waals surface area contributed by atoms with Gasteiger partial charge in [-0.3, -0.25) is 4.79 Å². The molecule has 1 aromatic heterocycles. The fraction of sp³-hybridized carbons (Fsp3) is 0.238. The first kappa shape index (κ1) is 19.1. The van der Waals surface area contributed by atoms with Gasteiger partial charge in [-0.25, -0.2) is 13.6 Å². The molecular weight excluding hydrogens is 380 g/mol. The SMILES string of the molecule is CNc1cc(-n2cc(C(=O)O)c(=O)c3cc(F)c(C4(N)CC4)c(C)c32)ccc1F. The Bertz CT molecular complexity index is 1250. The molecule has 3 aromatic rings. The number of pyridine rings is 1. The Kier molecular flexibility index (Phi) is 4.20. The fourth-order valence-electron chi connectivity index (χ4n) is 3.85. The fourth-order valence-corrected chi connectivity index (χ4v) is 3.85. The molecule has 4 N–H and O–H groups in total. The number of hydrogen-bond acceptors (Lipinski definition) is 4. The van der Waals surface area contributed by atoms with Gasteiger partial charge in [0.15, 0.2) is 0 Å². The molecule has 0 amide bonds. The lowest BCUT2D eigenvalue weighted by atomic mass is 9.95. The van der Waals surface area contributed by atoms with Crippen molar-refractivity contribution in [2.75, 3.05) is 12.4 Å². The molecule has 0 saturated heterocycles. The smallest absolute Gasteiger partial charge is 0.341 e. The monoisotopic (exact) mass is 399 g/mol. The molecule has 150 valence electrons. The number of fused-ring (bicyclic) bond motifs is 1. The number of carboxylic acid groups (broad SMARTS) is 1. The number of carboxylic acids is 1. The minimum atomic E-state index is -1.43. The van der Waals surface area contributed by atoms with Crippen LogP contribution < -0.4 is 16.5 Å². The molecule has 0 spiro atoms. The van der Waals surface area contributed by atoms with E-state index in [-0.39, 0.29) is 11.1 Å². The molecule has 29 heavy (non-hydrogen) atoms. The van der Waals surface area contributed by atoms with Crippen LogP contribution in [-0.4, -0.2) is 22.7 Å². The van der Waals surface area contributed by atoms with Gasteiger partial charge in [0.25, 0.3) is 0 Å². The Morgan fingerprint density at radius 2 is 1.93 bits per heavy atom. The number of benzene rings is 2. The number of carbonyl (C=O) groups is 1. The van der Waals surface area contributed by atoms with E-state index in [0.29, 0.717) is 35.2 Å². The van der Waals surface area contributed by atoms with Crippen molar-refractivity contribution in [3.05, 3.63) is 69.0 Å². The van der Waals surface area contributed by atoms with E-state index >= 15 is 0 Å². The van der Waals surface area contributed by atoms with Gasteiger partial charge in [-0.05, 0) is 49.6 Å². The topological polar surface area (TPSA) is 97.4 Å². The summed E-state index contributed by atoms with van der Waals surface area (Å²) in [4.78, 5) is 24.4. The van der Waals surface area contributed by atoms with Gasteiger partial charge in [0.05, 0.1) is 16.6 Å². The highest BCUT2D eigenvalue weighted by atomic mass is 19.1. The summed E-state index contributed by atoms with van der Waals surface area (Å²) >= 11 is 0. The highest BCUT2D eigenvalue weighted by Gasteiger charge is 2.44. The normalized spacial score (nSPS) is 14.8. The van der Waals surface area contributed by atoms with Crippen LogP contribution in [0, 0.1) is 18.6 Å². The van der Waals surface area contributed by atoms with Crippen LogP contribution in [0.25, 0.3) is 16.6 Å². The first-order valence-electron chi connectivity index (χ1n) is 9.07. The standard InChI is InChI=1S/C21H19F2N3O3/c1-10-17(21(24)5-6-21)15(23)8-12-18(10)26(9-13(19(12)27)20(28)29)11-3-4-14(22)16(7-11)25-2/h3-4,7-9,25H,5-6,24H2,1-2H3,(H,28,29). The number of aromatic carboxylic acids is 1. The van der Waals surface area contributed by atoms with Gasteiger partial charge in [-0.15, -0.1) is 0 Å². The second-order valence-corrected chi connectivity index (χ2v) is 7.37. The van der Waals surface area contributed by atoms with Crippen LogP contribution in [-0.2, 0) is 5.54 Å². The molecule has 0 aliphatic heterocycles. The number of rotatable bonds is 4. The zero-order valence-electron chi connectivity index (χ0n) is 15.8. The lowest BCUT2D eigenvalue weighted by Crippen LogP contribution is -2.25. The number of nitrogens with two attached hydrogens (primary N) is 1. The number of aromatic nitrogens is 1. The summed E-state index contributed by atoms with van der Waals surface area (Å²) in [5.74, 6) is -2.54. The Morgan fingerprint density at radius 1 is 1.24 bits per heavy atom. The molecule has 0 radical (unpaired) electrons. The Balaban J connectivity index is 2.16. The van der Waals surface area contributed by atoms with Crippen molar-refractivity contribution in [2.45, 2.75) is 25.3 Å². The lowest BCUT2D eigenvalue weighted by Gasteiger charge is -2.20. The van der Waals surface area contributed by atoms with E-state index in [2.05, 4.69) is 5.32 Å². The molecule has 2 aromatic carbocycles. The van der Waals surface area contributed by atoms with Crippen LogP contribution in [0.5, 0.6) is 0 Å². The van der Waals surface area contributed by atoms with Gasteiger partial charge in [-0.1, -0.05) is 0 Å². The molecule has 4 rings (SSSR count). The summed E-state index contributed by atoms with van der Waals surface area (Å²) in [6.45, 7) is 1.66. The number of hydrogen-bond donors (Lipinski definition) is 3. The van der Waals surface area contributed by atoms with Gasteiger partial charge >= 0.3 is 5.97 Å². The Hall–Kier alpha value is -3.26. The first-order valence-corrected chi connectivity index (χ1v) is 9.07. The van der Waals surface area contributed by atoms with Crippen molar-refractivity contribution in [3.63, 3.8) is 0 Å². The average Bonchev–Trinajstić information content (AvgIpc) is 3.40. The van der Waals surface area contributed by atoms with Crippen molar-refractivity contribution in [3.8, 4) is 5.69 Å². The minimum absolute atomic E-state index is 0.0665. The van der Waals surface area contributed by atoms with Crippen LogP contribution in [0.2, 0.25) is 0 Å². The number of aryl methyl sites for hydroxylation is 1. The third-order valence-corrected chi connectivity index (χ3v) is 5.50. The molecule has 1 aliphatic carbocycles. The number of halogens is 2. The summed E-state index contributed by atoms with van der Waals surface area (Å²) < 4.78 is 30.3. The van der Waals surface area contributed by atoms with Crippen LogP contribution in [0.3, 0.4) is 0 Å². The number of anilines is 1. The van der Waals surface area contributed by atoms with Gasteiger partial charge in [0, 0.05) is 30.0 Å². The maximum atomic E-state index is 14.9. The number of nitrogens with zero attached hydrogens (tertiary/aromatic N) is 1. The predicted octanol–water partition coefficient (Wildman–Crippen LogP) is 3.27. The second-order valence-electron chi connectivity index (χ2n) is 7.37. The van der Waals surface area contributed by atoms with Gasteiger partial charge < -0.3 is 20.7 Å². The summed E-state index contributed by atoms with van der Waals surface area (Å²) in [6.07, 6.45) is 2.42. The van der Waals surface area contributed by atoms with E-state index in [9.17, 15) is 23.5 Å². The maximum absolute atomic E-state index is 14.9. The zero-order valence-corrected chi connectivity index (χ0v) is 15.8. The number of nitrogens with one attached hydrogen (secondary N) is 1. The largest absolute Gasteiger partial charge is 0.477 e. The van der Waals surface area contributed by atoms with Crippen molar-refractivity contribution in [1.29, 1.82) is 0 Å². The summed E-state index contributed by atoms with van der Waals surface area (Å²) in [5.41, 5.74) is 5.91.